The number of hydrogen-bond donors (Lipinski definition) is 1. The predicted octanol–water partition coefficient (Wildman–Crippen LogP) is 2.58. The molecule has 0 spiro atoms. The normalized spacial score (nSPS) is 12.0. The number of aromatic nitrogens is 5. The summed E-state index contributed by atoms with van der Waals surface area (Å²) in [7, 11) is 2.87. The zero-order chi connectivity index (χ0) is 22.1. The molecule has 1 unspecified atom stereocenters. The molecule has 160 valence electrons. The fourth-order valence-corrected chi connectivity index (χ4v) is 3.41. The Kier molecular flexibility index (Phi) is 5.48. The van der Waals surface area contributed by atoms with Gasteiger partial charge in [0.15, 0.2) is 11.6 Å². The second-order valence-corrected chi connectivity index (χ2v) is 7.00. The van der Waals surface area contributed by atoms with Gasteiger partial charge in [-0.1, -0.05) is 18.2 Å². The van der Waals surface area contributed by atoms with Crippen molar-refractivity contribution in [2.24, 2.45) is 7.05 Å². The molecule has 4 aromatic rings. The lowest BCUT2D eigenvalue weighted by atomic mass is 10.1. The molecule has 2 aromatic carbocycles. The van der Waals surface area contributed by atoms with Crippen molar-refractivity contribution in [3.05, 3.63) is 76.0 Å². The zero-order valence-electron chi connectivity index (χ0n) is 16.2. The number of ether oxygens (including phenoxy) is 2. The Labute approximate surface area is 177 Å². The Balaban J connectivity index is 1.65. The molecule has 2 aromatic heterocycles. The molecule has 0 amide bonds. The van der Waals surface area contributed by atoms with Gasteiger partial charge in [0.1, 0.15) is 17.7 Å². The molecule has 0 radical (unpaired) electrons. The number of aliphatic hydroxyl groups is 1. The Morgan fingerprint density at radius 3 is 2.71 bits per heavy atom. The maximum absolute atomic E-state index is 14.0. The molecule has 1 atom stereocenters. The monoisotopic (exact) mass is 447 g/mol. The van der Waals surface area contributed by atoms with Crippen LogP contribution in [0.1, 0.15) is 17.5 Å². The van der Waals surface area contributed by atoms with E-state index in [1.807, 2.05) is 0 Å². The van der Waals surface area contributed by atoms with Gasteiger partial charge in [0.05, 0.1) is 12.8 Å². The van der Waals surface area contributed by atoms with Crippen LogP contribution in [0, 0.1) is 11.6 Å². The highest BCUT2D eigenvalue weighted by molar-refractivity contribution is 7.07. The molecule has 4 rings (SSSR count). The minimum atomic E-state index is -1.51. The van der Waals surface area contributed by atoms with Crippen molar-refractivity contribution in [3.8, 4) is 22.6 Å². The Morgan fingerprint density at radius 2 is 1.97 bits per heavy atom. The fraction of sp³-hybridized carbons (Fsp3) is 0.158. The first-order chi connectivity index (χ1) is 14.9. The van der Waals surface area contributed by atoms with Crippen molar-refractivity contribution in [3.63, 3.8) is 0 Å². The van der Waals surface area contributed by atoms with Crippen LogP contribution in [0.2, 0.25) is 0 Å². The van der Waals surface area contributed by atoms with Crippen LogP contribution in [0.3, 0.4) is 0 Å². The predicted molar refractivity (Wildman–Crippen MR) is 106 cm³/mol. The molecule has 0 aliphatic carbocycles. The summed E-state index contributed by atoms with van der Waals surface area (Å²) in [6.07, 6.45) is -1.51. The highest BCUT2D eigenvalue weighted by Crippen LogP contribution is 2.32. The topological polar surface area (TPSA) is 104 Å². The summed E-state index contributed by atoms with van der Waals surface area (Å²) in [6.45, 7) is 0. The van der Waals surface area contributed by atoms with Crippen molar-refractivity contribution in [1.82, 2.24) is 23.7 Å². The molecule has 1 N–H and O–H groups in total. The summed E-state index contributed by atoms with van der Waals surface area (Å²) < 4.78 is 44.3. The van der Waals surface area contributed by atoms with Crippen LogP contribution in [0.4, 0.5) is 8.78 Å². The van der Waals surface area contributed by atoms with E-state index >= 15 is 0 Å². The molecular weight excluding hydrogens is 432 g/mol. The van der Waals surface area contributed by atoms with Gasteiger partial charge in [0.2, 0.25) is 0 Å². The van der Waals surface area contributed by atoms with E-state index in [0.29, 0.717) is 11.8 Å². The molecule has 0 saturated heterocycles. The minimum Gasteiger partial charge on any atom is -0.467 e. The van der Waals surface area contributed by atoms with Crippen LogP contribution >= 0.6 is 11.5 Å². The van der Waals surface area contributed by atoms with E-state index in [1.165, 1.54) is 18.7 Å². The number of halogens is 2. The molecule has 9 nitrogen and oxygen atoms in total. The number of aliphatic hydroxyl groups excluding tert-OH is 1. The third-order valence-electron chi connectivity index (χ3n) is 4.31. The smallest absolute Gasteiger partial charge is 0.353 e. The number of rotatable bonds is 6. The van der Waals surface area contributed by atoms with Crippen molar-refractivity contribution >= 4 is 11.5 Å². The van der Waals surface area contributed by atoms with Crippen molar-refractivity contribution in [2.45, 2.75) is 6.10 Å². The summed E-state index contributed by atoms with van der Waals surface area (Å²) >= 11 is 0.820. The lowest BCUT2D eigenvalue weighted by molar-refractivity contribution is 0.205. The van der Waals surface area contributed by atoms with Crippen LogP contribution < -0.4 is 15.2 Å². The molecule has 0 saturated carbocycles. The third kappa shape index (κ3) is 3.90. The van der Waals surface area contributed by atoms with Gasteiger partial charge in [-0.25, -0.2) is 22.8 Å². The maximum atomic E-state index is 14.0. The first-order valence-corrected chi connectivity index (χ1v) is 9.60. The Hall–Kier alpha value is -3.64. The van der Waals surface area contributed by atoms with Crippen LogP contribution in [0.25, 0.3) is 5.69 Å². The zero-order valence-corrected chi connectivity index (χ0v) is 17.0. The van der Waals surface area contributed by atoms with E-state index in [2.05, 4.69) is 14.5 Å². The second kappa shape index (κ2) is 8.24. The largest absolute Gasteiger partial charge is 0.467 e. The van der Waals surface area contributed by atoms with E-state index < -0.39 is 23.4 Å². The molecule has 0 fully saturated rings. The first kappa shape index (κ1) is 20.6. The number of nitrogens with zero attached hydrogens (tertiary/aromatic N) is 5. The standard InChI is InChI=1S/C19H15F2N5O4S/c1-25-19(28)26(17(23-25)29-2)13-5-3-4-6-14(13)30-18-22-16(24-31-18)15(27)11-8-7-10(20)9-12(11)21/h3-9,15,27H,1-2H3. The number of hydrogen-bond acceptors (Lipinski definition) is 8. The average Bonchev–Trinajstić information content (AvgIpc) is 3.33. The van der Waals surface area contributed by atoms with Gasteiger partial charge in [-0.05, 0) is 18.2 Å². The van der Waals surface area contributed by atoms with Crippen molar-refractivity contribution in [2.75, 3.05) is 7.11 Å². The molecule has 0 aliphatic heterocycles. The van der Waals surface area contributed by atoms with Gasteiger partial charge in [-0.15, -0.1) is 5.10 Å². The number of para-hydroxylation sites is 2. The molecular formula is C19H15F2N5O4S. The van der Waals surface area contributed by atoms with Crippen molar-refractivity contribution in [1.29, 1.82) is 0 Å². The van der Waals surface area contributed by atoms with Crippen LogP contribution in [-0.2, 0) is 7.05 Å². The summed E-state index contributed by atoms with van der Waals surface area (Å²) in [4.78, 5) is 16.6. The minimum absolute atomic E-state index is 0.0416. The highest BCUT2D eigenvalue weighted by atomic mass is 32.1. The van der Waals surface area contributed by atoms with E-state index in [-0.39, 0.29) is 28.3 Å². The summed E-state index contributed by atoms with van der Waals surface area (Å²) in [5.74, 6) is -1.54. The number of methoxy groups -OCH3 is 1. The number of aryl methyl sites for hydroxylation is 1. The molecule has 0 bridgehead atoms. The quantitative estimate of drug-likeness (QED) is 0.484. The van der Waals surface area contributed by atoms with Gasteiger partial charge in [-0.3, -0.25) is 0 Å². The van der Waals surface area contributed by atoms with Crippen LogP contribution in [0.5, 0.6) is 17.0 Å². The lowest BCUT2D eigenvalue weighted by Gasteiger charge is -2.10. The second-order valence-electron chi connectivity index (χ2n) is 6.28. The molecule has 31 heavy (non-hydrogen) atoms. The van der Waals surface area contributed by atoms with E-state index in [4.69, 9.17) is 9.47 Å². The molecule has 12 heteroatoms. The van der Waals surface area contributed by atoms with E-state index in [1.54, 1.807) is 24.3 Å². The summed E-state index contributed by atoms with van der Waals surface area (Å²) in [6, 6.07) is 9.50. The highest BCUT2D eigenvalue weighted by Gasteiger charge is 2.22. The average molecular weight is 447 g/mol. The Bertz CT molecular complexity index is 1300. The molecule has 0 aliphatic rings. The van der Waals surface area contributed by atoms with Crippen molar-refractivity contribution < 1.29 is 23.4 Å². The molecule has 2 heterocycles. The first-order valence-electron chi connectivity index (χ1n) is 8.83. The van der Waals surface area contributed by atoms with Gasteiger partial charge >= 0.3 is 11.7 Å². The lowest BCUT2D eigenvalue weighted by Crippen LogP contribution is -2.22. The van der Waals surface area contributed by atoms with E-state index in [0.717, 1.165) is 28.3 Å². The van der Waals surface area contributed by atoms with Gasteiger partial charge in [0, 0.05) is 30.2 Å². The van der Waals surface area contributed by atoms with Crippen LogP contribution in [-0.4, -0.2) is 35.9 Å². The number of benzene rings is 2. The van der Waals surface area contributed by atoms with E-state index in [9.17, 15) is 18.7 Å². The fourth-order valence-electron chi connectivity index (χ4n) is 2.84. The SMILES string of the molecule is COc1nn(C)c(=O)n1-c1ccccc1Oc1nc(C(O)c2ccc(F)cc2F)ns1. The summed E-state index contributed by atoms with van der Waals surface area (Å²) in [5, 5.41) is 14.4. The van der Waals surface area contributed by atoms with Gasteiger partial charge in [-0.2, -0.15) is 9.36 Å². The Morgan fingerprint density at radius 1 is 1.19 bits per heavy atom. The maximum Gasteiger partial charge on any atom is 0.353 e. The summed E-state index contributed by atoms with van der Waals surface area (Å²) in [5.41, 5.74) is -0.273. The van der Waals surface area contributed by atoms with Gasteiger partial charge in [0.25, 0.3) is 5.19 Å². The van der Waals surface area contributed by atoms with Gasteiger partial charge < -0.3 is 14.6 Å². The van der Waals surface area contributed by atoms with Crippen LogP contribution in [0.15, 0.2) is 47.3 Å². The third-order valence-corrected chi connectivity index (χ3v) is 4.91.